The van der Waals surface area contributed by atoms with Gasteiger partial charge in [0.15, 0.2) is 0 Å². The van der Waals surface area contributed by atoms with Crippen LogP contribution in [-0.2, 0) is 0 Å². The van der Waals surface area contributed by atoms with Crippen molar-refractivity contribution in [3.8, 4) is 0 Å². The molecule has 0 aromatic carbocycles. The summed E-state index contributed by atoms with van der Waals surface area (Å²) < 4.78 is 0. The molecule has 0 amide bonds. The summed E-state index contributed by atoms with van der Waals surface area (Å²) in [5, 5.41) is 3.63. The predicted octanol–water partition coefficient (Wildman–Crippen LogP) is 3.69. The molecule has 88 valence electrons. The monoisotopic (exact) mass is 218 g/mol. The highest BCUT2D eigenvalue weighted by molar-refractivity contribution is 5.48. The first kappa shape index (κ1) is 11.4. The Morgan fingerprint density at radius 3 is 2.62 bits per heavy atom. The highest BCUT2D eigenvalue weighted by atomic mass is 14.9. The third kappa shape index (κ3) is 2.55. The first-order valence-electron chi connectivity index (χ1n) is 6.17. The molecular weight excluding hydrogens is 196 g/mol. The molecule has 16 heavy (non-hydrogen) atoms. The van der Waals surface area contributed by atoms with Crippen LogP contribution in [0.3, 0.4) is 0 Å². The Labute approximate surface area is 98.5 Å². The fourth-order valence-electron chi connectivity index (χ4n) is 2.62. The van der Waals surface area contributed by atoms with E-state index < -0.39 is 0 Å². The van der Waals surface area contributed by atoms with Gasteiger partial charge in [-0.15, -0.1) is 0 Å². The summed E-state index contributed by atoms with van der Waals surface area (Å²) in [6, 6.07) is 4.86. The van der Waals surface area contributed by atoms with Gasteiger partial charge in [0.2, 0.25) is 0 Å². The molecule has 1 heterocycles. The van der Waals surface area contributed by atoms with E-state index in [0.717, 1.165) is 11.4 Å². The molecule has 0 bridgehead atoms. The molecule has 1 saturated carbocycles. The van der Waals surface area contributed by atoms with E-state index in [9.17, 15) is 0 Å². The number of aromatic nitrogens is 1. The van der Waals surface area contributed by atoms with Crippen LogP contribution in [0.1, 0.15) is 44.5 Å². The molecule has 1 aliphatic rings. The van der Waals surface area contributed by atoms with E-state index in [2.05, 4.69) is 43.2 Å². The second-order valence-corrected chi connectivity index (χ2v) is 5.83. The van der Waals surface area contributed by atoms with E-state index in [1.807, 2.05) is 6.92 Å². The fraction of sp³-hybridized carbons (Fsp3) is 0.643. The third-order valence-electron chi connectivity index (χ3n) is 3.55. The summed E-state index contributed by atoms with van der Waals surface area (Å²) in [5.74, 6) is 0. The van der Waals surface area contributed by atoms with Crippen LogP contribution in [0.15, 0.2) is 12.1 Å². The number of nitrogens with zero attached hydrogens (tertiary/aromatic N) is 1. The van der Waals surface area contributed by atoms with Crippen molar-refractivity contribution in [2.45, 2.75) is 53.0 Å². The molecule has 1 N–H and O–H groups in total. The molecule has 1 atom stereocenters. The average Bonchev–Trinajstić information content (AvgIpc) is 2.51. The van der Waals surface area contributed by atoms with Gasteiger partial charge in [0.1, 0.15) is 0 Å². The number of hydrogen-bond acceptors (Lipinski definition) is 2. The van der Waals surface area contributed by atoms with Gasteiger partial charge in [-0.1, -0.05) is 13.8 Å². The molecule has 1 unspecified atom stereocenters. The zero-order valence-corrected chi connectivity index (χ0v) is 10.8. The molecule has 2 nitrogen and oxygen atoms in total. The Morgan fingerprint density at radius 1 is 1.31 bits per heavy atom. The van der Waals surface area contributed by atoms with E-state index in [4.69, 9.17) is 0 Å². The van der Waals surface area contributed by atoms with Gasteiger partial charge in [-0.05, 0) is 50.7 Å². The number of pyridine rings is 1. The van der Waals surface area contributed by atoms with Crippen molar-refractivity contribution in [2.24, 2.45) is 5.41 Å². The summed E-state index contributed by atoms with van der Waals surface area (Å²) in [5.41, 5.74) is 3.91. The second-order valence-electron chi connectivity index (χ2n) is 5.83. The van der Waals surface area contributed by atoms with Crippen LogP contribution in [0.5, 0.6) is 0 Å². The fourth-order valence-corrected chi connectivity index (χ4v) is 2.62. The Bertz CT molecular complexity index is 382. The van der Waals surface area contributed by atoms with Crippen LogP contribution >= 0.6 is 0 Å². The molecule has 1 fully saturated rings. The number of anilines is 1. The molecule has 0 aliphatic heterocycles. The average molecular weight is 218 g/mol. The van der Waals surface area contributed by atoms with E-state index in [0.29, 0.717) is 11.5 Å². The van der Waals surface area contributed by atoms with E-state index in [1.165, 1.54) is 24.9 Å². The Hall–Kier alpha value is -1.05. The summed E-state index contributed by atoms with van der Waals surface area (Å²) >= 11 is 0. The van der Waals surface area contributed by atoms with Crippen molar-refractivity contribution in [3.63, 3.8) is 0 Å². The SMILES string of the molecule is Cc1ccc(NC2CCC(C)(C)C2)c(C)n1. The number of hydrogen-bond donors (Lipinski definition) is 1. The Morgan fingerprint density at radius 2 is 2.06 bits per heavy atom. The van der Waals surface area contributed by atoms with E-state index in [1.54, 1.807) is 0 Å². The van der Waals surface area contributed by atoms with Gasteiger partial charge in [-0.25, -0.2) is 0 Å². The van der Waals surface area contributed by atoms with Crippen molar-refractivity contribution in [2.75, 3.05) is 5.32 Å². The molecule has 2 rings (SSSR count). The van der Waals surface area contributed by atoms with Crippen LogP contribution in [0.2, 0.25) is 0 Å². The third-order valence-corrected chi connectivity index (χ3v) is 3.55. The number of aryl methyl sites for hydroxylation is 2. The number of nitrogens with one attached hydrogen (secondary N) is 1. The standard InChI is InChI=1S/C14H22N2/c1-10-5-6-13(11(2)15-10)16-12-7-8-14(3,4)9-12/h5-6,12,16H,7-9H2,1-4H3. The van der Waals surface area contributed by atoms with E-state index in [-0.39, 0.29) is 0 Å². The smallest absolute Gasteiger partial charge is 0.0606 e. The van der Waals surface area contributed by atoms with Crippen molar-refractivity contribution in [1.29, 1.82) is 0 Å². The lowest BCUT2D eigenvalue weighted by Crippen LogP contribution is -2.18. The Kier molecular flexibility index (Phi) is 2.92. The van der Waals surface area contributed by atoms with Crippen LogP contribution in [0.25, 0.3) is 0 Å². The quantitative estimate of drug-likeness (QED) is 0.819. The highest BCUT2D eigenvalue weighted by Crippen LogP contribution is 2.38. The van der Waals surface area contributed by atoms with Crippen LogP contribution < -0.4 is 5.32 Å². The van der Waals surface area contributed by atoms with Crippen molar-refractivity contribution in [1.82, 2.24) is 4.98 Å². The van der Waals surface area contributed by atoms with Crippen LogP contribution in [0.4, 0.5) is 5.69 Å². The van der Waals surface area contributed by atoms with Gasteiger partial charge in [0, 0.05) is 11.7 Å². The molecule has 1 aliphatic carbocycles. The summed E-state index contributed by atoms with van der Waals surface area (Å²) in [6.07, 6.45) is 3.86. The summed E-state index contributed by atoms with van der Waals surface area (Å²) in [7, 11) is 0. The largest absolute Gasteiger partial charge is 0.381 e. The molecule has 2 heteroatoms. The highest BCUT2D eigenvalue weighted by Gasteiger charge is 2.30. The lowest BCUT2D eigenvalue weighted by Gasteiger charge is -2.19. The molecule has 1 aromatic heterocycles. The van der Waals surface area contributed by atoms with Gasteiger partial charge < -0.3 is 5.32 Å². The maximum Gasteiger partial charge on any atom is 0.0606 e. The lowest BCUT2D eigenvalue weighted by molar-refractivity contribution is 0.378. The normalized spacial score (nSPS) is 23.4. The van der Waals surface area contributed by atoms with E-state index >= 15 is 0 Å². The summed E-state index contributed by atoms with van der Waals surface area (Å²) in [6.45, 7) is 8.83. The minimum Gasteiger partial charge on any atom is -0.381 e. The van der Waals surface area contributed by atoms with Gasteiger partial charge in [0.25, 0.3) is 0 Å². The zero-order valence-electron chi connectivity index (χ0n) is 10.8. The van der Waals surface area contributed by atoms with Gasteiger partial charge >= 0.3 is 0 Å². The van der Waals surface area contributed by atoms with Crippen LogP contribution in [0, 0.1) is 19.3 Å². The maximum absolute atomic E-state index is 4.49. The van der Waals surface area contributed by atoms with Crippen molar-refractivity contribution >= 4 is 5.69 Å². The molecule has 1 aromatic rings. The summed E-state index contributed by atoms with van der Waals surface area (Å²) in [4.78, 5) is 4.49. The number of rotatable bonds is 2. The lowest BCUT2D eigenvalue weighted by atomic mass is 9.92. The minimum atomic E-state index is 0.504. The molecule has 0 saturated heterocycles. The van der Waals surface area contributed by atoms with Gasteiger partial charge in [0.05, 0.1) is 11.4 Å². The Balaban J connectivity index is 2.05. The topological polar surface area (TPSA) is 24.9 Å². The first-order chi connectivity index (χ1) is 7.46. The molecule has 0 radical (unpaired) electrons. The van der Waals surface area contributed by atoms with Crippen molar-refractivity contribution < 1.29 is 0 Å². The van der Waals surface area contributed by atoms with Gasteiger partial charge in [-0.2, -0.15) is 0 Å². The van der Waals surface area contributed by atoms with Gasteiger partial charge in [-0.3, -0.25) is 4.98 Å². The molecular formula is C14H22N2. The zero-order chi connectivity index (χ0) is 11.8. The second kappa shape index (κ2) is 4.08. The van der Waals surface area contributed by atoms with Crippen LogP contribution in [-0.4, -0.2) is 11.0 Å². The first-order valence-corrected chi connectivity index (χ1v) is 6.17. The maximum atomic E-state index is 4.49. The minimum absolute atomic E-state index is 0.504. The predicted molar refractivity (Wildman–Crippen MR) is 68.8 cm³/mol. The van der Waals surface area contributed by atoms with Crippen molar-refractivity contribution in [3.05, 3.63) is 23.5 Å². The molecule has 0 spiro atoms.